The van der Waals surface area contributed by atoms with Gasteiger partial charge in [0.2, 0.25) is 11.3 Å². The zero-order valence-corrected chi connectivity index (χ0v) is 16.0. The van der Waals surface area contributed by atoms with Crippen LogP contribution in [-0.4, -0.2) is 30.9 Å². The van der Waals surface area contributed by atoms with Gasteiger partial charge < -0.3 is 9.15 Å². The Balaban J connectivity index is 1.34. The van der Waals surface area contributed by atoms with E-state index >= 15 is 0 Å². The van der Waals surface area contributed by atoms with Crippen molar-refractivity contribution < 1.29 is 18.9 Å². The summed E-state index contributed by atoms with van der Waals surface area (Å²) in [6.45, 7) is 0.0225. The van der Waals surface area contributed by atoms with Gasteiger partial charge in [0.05, 0.1) is 29.6 Å². The molecule has 0 aliphatic heterocycles. The molecular formula is C20H15N5O6. The number of aryl methyl sites for hydroxylation is 1. The Morgan fingerprint density at radius 2 is 1.90 bits per heavy atom. The van der Waals surface area contributed by atoms with Crippen LogP contribution < -0.4 is 5.43 Å². The van der Waals surface area contributed by atoms with Crippen molar-refractivity contribution in [3.63, 3.8) is 0 Å². The summed E-state index contributed by atoms with van der Waals surface area (Å²) < 4.78 is 12.2. The molecule has 0 N–H and O–H groups in total. The first-order valence-corrected chi connectivity index (χ1v) is 9.19. The van der Waals surface area contributed by atoms with E-state index in [2.05, 4.69) is 15.3 Å². The highest BCUT2D eigenvalue weighted by Crippen LogP contribution is 2.21. The van der Waals surface area contributed by atoms with Crippen LogP contribution in [0.3, 0.4) is 0 Å². The normalized spacial score (nSPS) is 10.8. The van der Waals surface area contributed by atoms with Gasteiger partial charge in [-0.25, -0.2) is 0 Å². The number of nitrogens with zero attached hydrogens (tertiary/aromatic N) is 5. The number of aromatic nitrogens is 4. The molecule has 0 saturated heterocycles. The van der Waals surface area contributed by atoms with E-state index in [0.717, 1.165) is 0 Å². The minimum atomic E-state index is -0.506. The highest BCUT2D eigenvalue weighted by Gasteiger charge is 2.13. The standard InChI is InChI=1S/C20H15N5O6/c26-17-11-21-24(16-4-2-1-3-15(16)17)10-9-19(27)30-12-18-22-23-20(31-18)13-5-7-14(8-6-13)25(28)29/h1-8,11H,9-10,12H2. The number of para-hydroxylation sites is 1. The number of hydrogen-bond acceptors (Lipinski definition) is 9. The van der Waals surface area contributed by atoms with Crippen molar-refractivity contribution in [3.05, 3.63) is 81.0 Å². The van der Waals surface area contributed by atoms with E-state index in [1.807, 2.05) is 0 Å². The van der Waals surface area contributed by atoms with Crippen molar-refractivity contribution >= 4 is 22.6 Å². The molecular weight excluding hydrogens is 406 g/mol. The van der Waals surface area contributed by atoms with Crippen molar-refractivity contribution in [2.45, 2.75) is 19.6 Å². The van der Waals surface area contributed by atoms with Crippen LogP contribution in [0.4, 0.5) is 5.69 Å². The predicted octanol–water partition coefficient (Wildman–Crippen LogP) is 2.49. The van der Waals surface area contributed by atoms with Gasteiger partial charge in [-0.1, -0.05) is 12.1 Å². The van der Waals surface area contributed by atoms with Crippen LogP contribution in [0.15, 0.2) is 63.9 Å². The number of fused-ring (bicyclic) bond motifs is 1. The van der Waals surface area contributed by atoms with Crippen LogP contribution >= 0.6 is 0 Å². The van der Waals surface area contributed by atoms with Crippen molar-refractivity contribution in [2.24, 2.45) is 0 Å². The average Bonchev–Trinajstić information content (AvgIpc) is 3.26. The molecule has 0 radical (unpaired) electrons. The monoisotopic (exact) mass is 421 g/mol. The van der Waals surface area contributed by atoms with Crippen LogP contribution in [-0.2, 0) is 22.7 Å². The quantitative estimate of drug-likeness (QED) is 0.250. The number of non-ortho nitro benzene ring substituents is 1. The van der Waals surface area contributed by atoms with Gasteiger partial charge in [0.15, 0.2) is 6.61 Å². The van der Waals surface area contributed by atoms with Gasteiger partial charge in [-0.2, -0.15) is 5.10 Å². The molecule has 11 heteroatoms. The van der Waals surface area contributed by atoms with E-state index in [9.17, 15) is 19.7 Å². The second-order valence-corrected chi connectivity index (χ2v) is 6.46. The van der Waals surface area contributed by atoms with Crippen LogP contribution in [0.25, 0.3) is 22.4 Å². The number of rotatable bonds is 7. The molecule has 11 nitrogen and oxygen atoms in total. The zero-order chi connectivity index (χ0) is 21.8. The Bertz CT molecular complexity index is 1310. The van der Waals surface area contributed by atoms with Gasteiger partial charge >= 0.3 is 5.97 Å². The minimum Gasteiger partial charge on any atom is -0.456 e. The molecule has 4 rings (SSSR count). The van der Waals surface area contributed by atoms with Gasteiger partial charge in [-0.3, -0.25) is 24.4 Å². The van der Waals surface area contributed by atoms with Gasteiger partial charge in [0.1, 0.15) is 0 Å². The summed E-state index contributed by atoms with van der Waals surface area (Å²) in [5, 5.41) is 23.0. The van der Waals surface area contributed by atoms with Gasteiger partial charge in [-0.15, -0.1) is 10.2 Å². The number of esters is 1. The lowest BCUT2D eigenvalue weighted by Gasteiger charge is -2.08. The summed E-state index contributed by atoms with van der Waals surface area (Å²) in [6, 6.07) is 12.6. The van der Waals surface area contributed by atoms with Crippen LogP contribution in [0.5, 0.6) is 0 Å². The molecule has 31 heavy (non-hydrogen) atoms. The number of carbonyl (C=O) groups is 1. The number of nitro groups is 1. The Kier molecular flexibility index (Phi) is 5.47. The SMILES string of the molecule is O=C(CCn1ncc(=O)c2ccccc21)OCc1nnc(-c2ccc([N+](=O)[O-])cc2)o1. The maximum atomic E-state index is 12.1. The fraction of sp³-hybridized carbons (Fsp3) is 0.150. The lowest BCUT2D eigenvalue weighted by Crippen LogP contribution is -2.15. The first-order valence-electron chi connectivity index (χ1n) is 9.19. The molecule has 0 aliphatic rings. The topological polar surface area (TPSA) is 143 Å². The lowest BCUT2D eigenvalue weighted by molar-refractivity contribution is -0.384. The maximum Gasteiger partial charge on any atom is 0.308 e. The Hall–Kier alpha value is -4.41. The Morgan fingerprint density at radius 1 is 1.13 bits per heavy atom. The highest BCUT2D eigenvalue weighted by atomic mass is 16.6. The van der Waals surface area contributed by atoms with Crippen LogP contribution in [0.2, 0.25) is 0 Å². The molecule has 4 aromatic rings. The summed E-state index contributed by atoms with van der Waals surface area (Å²) >= 11 is 0. The molecule has 0 amide bonds. The molecule has 0 saturated carbocycles. The highest BCUT2D eigenvalue weighted by molar-refractivity contribution is 5.78. The summed E-state index contributed by atoms with van der Waals surface area (Å²) in [5.41, 5.74) is 0.899. The van der Waals surface area contributed by atoms with Gasteiger partial charge in [0, 0.05) is 23.1 Å². The van der Waals surface area contributed by atoms with Crippen molar-refractivity contribution in [2.75, 3.05) is 0 Å². The van der Waals surface area contributed by atoms with Crippen molar-refractivity contribution in [1.82, 2.24) is 20.0 Å². The molecule has 156 valence electrons. The number of hydrogen-bond donors (Lipinski definition) is 0. The average molecular weight is 421 g/mol. The van der Waals surface area contributed by atoms with Crippen LogP contribution in [0.1, 0.15) is 12.3 Å². The summed E-state index contributed by atoms with van der Waals surface area (Å²) in [7, 11) is 0. The van der Waals surface area contributed by atoms with E-state index in [0.29, 0.717) is 16.5 Å². The molecule has 2 aromatic heterocycles. The molecule has 0 atom stereocenters. The number of carbonyl (C=O) groups excluding carboxylic acids is 1. The van der Waals surface area contributed by atoms with E-state index in [1.165, 1.54) is 30.5 Å². The molecule has 2 heterocycles. The second kappa shape index (κ2) is 8.53. The molecule has 0 unspecified atom stereocenters. The van der Waals surface area contributed by atoms with Crippen LogP contribution in [0, 0.1) is 10.1 Å². The number of benzene rings is 2. The second-order valence-electron chi connectivity index (χ2n) is 6.46. The molecule has 0 fully saturated rings. The smallest absolute Gasteiger partial charge is 0.308 e. The fourth-order valence-corrected chi connectivity index (χ4v) is 2.91. The van der Waals surface area contributed by atoms with E-state index in [-0.39, 0.29) is 42.5 Å². The first-order chi connectivity index (χ1) is 15.0. The Labute approximate surface area is 174 Å². The number of ether oxygens (including phenoxy) is 1. The summed E-state index contributed by atoms with van der Waals surface area (Å²) in [4.78, 5) is 34.2. The third kappa shape index (κ3) is 4.45. The Morgan fingerprint density at radius 3 is 2.68 bits per heavy atom. The van der Waals surface area contributed by atoms with Crippen molar-refractivity contribution in [3.8, 4) is 11.5 Å². The third-order valence-corrected chi connectivity index (χ3v) is 4.44. The molecule has 2 aromatic carbocycles. The fourth-order valence-electron chi connectivity index (χ4n) is 2.91. The molecule has 0 spiro atoms. The van der Waals surface area contributed by atoms with E-state index in [1.54, 1.807) is 28.9 Å². The number of nitro benzene ring substituents is 1. The molecule has 0 aliphatic carbocycles. The van der Waals surface area contributed by atoms with Gasteiger partial charge in [0.25, 0.3) is 11.6 Å². The summed E-state index contributed by atoms with van der Waals surface area (Å²) in [6.07, 6.45) is 1.25. The zero-order valence-electron chi connectivity index (χ0n) is 16.0. The first kappa shape index (κ1) is 19.9. The third-order valence-electron chi connectivity index (χ3n) is 4.44. The molecule has 0 bridgehead atoms. The maximum absolute atomic E-state index is 12.1. The van der Waals surface area contributed by atoms with Gasteiger partial charge in [-0.05, 0) is 24.3 Å². The largest absolute Gasteiger partial charge is 0.456 e. The van der Waals surface area contributed by atoms with E-state index < -0.39 is 10.9 Å². The lowest BCUT2D eigenvalue weighted by atomic mass is 10.2. The van der Waals surface area contributed by atoms with Crippen molar-refractivity contribution in [1.29, 1.82) is 0 Å². The van der Waals surface area contributed by atoms with E-state index in [4.69, 9.17) is 9.15 Å². The minimum absolute atomic E-state index is 0.0310. The predicted molar refractivity (Wildman–Crippen MR) is 107 cm³/mol. The summed E-state index contributed by atoms with van der Waals surface area (Å²) in [5.74, 6) is -0.252.